The van der Waals surface area contributed by atoms with Gasteiger partial charge in [0.25, 0.3) is 0 Å². The molecule has 18 heavy (non-hydrogen) atoms. The van der Waals surface area contributed by atoms with Crippen molar-refractivity contribution in [3.63, 3.8) is 0 Å². The molecule has 0 unspecified atom stereocenters. The Balaban J connectivity index is 2.02. The van der Waals surface area contributed by atoms with Crippen molar-refractivity contribution >= 4 is 27.7 Å². The molecule has 0 amide bonds. The Labute approximate surface area is 118 Å². The number of aliphatic hydroxyl groups is 1. The Kier molecular flexibility index (Phi) is 4.80. The molecule has 1 N–H and O–H groups in total. The summed E-state index contributed by atoms with van der Waals surface area (Å²) in [5, 5.41) is 8.95. The molecule has 0 atom stereocenters. The van der Waals surface area contributed by atoms with Crippen LogP contribution < -0.4 is 0 Å². The second-order valence-corrected chi connectivity index (χ2v) is 5.73. The molecule has 0 bridgehead atoms. The number of aliphatic hydroxyl groups excluding tert-OH is 1. The minimum Gasteiger partial charge on any atom is -0.392 e. The van der Waals surface area contributed by atoms with Gasteiger partial charge < -0.3 is 5.11 Å². The smallest absolute Gasteiger partial charge is 0.124 e. The van der Waals surface area contributed by atoms with Gasteiger partial charge in [-0.3, -0.25) is 0 Å². The van der Waals surface area contributed by atoms with Crippen LogP contribution in [0.4, 0.5) is 4.39 Å². The maximum atomic E-state index is 12.9. The quantitative estimate of drug-likeness (QED) is 0.842. The van der Waals surface area contributed by atoms with Crippen molar-refractivity contribution in [3.05, 3.63) is 63.9 Å². The number of halogens is 2. The van der Waals surface area contributed by atoms with Gasteiger partial charge in [-0.1, -0.05) is 34.1 Å². The zero-order valence-electron chi connectivity index (χ0n) is 9.57. The number of hydrogen-bond donors (Lipinski definition) is 1. The first-order valence-corrected chi connectivity index (χ1v) is 7.23. The third-order valence-electron chi connectivity index (χ3n) is 2.52. The van der Waals surface area contributed by atoms with Gasteiger partial charge in [0.05, 0.1) is 6.61 Å². The standard InChI is InChI=1S/C14H12BrFOS/c15-14-7-12(16)4-3-11(14)9-18-13-5-1-10(8-17)2-6-13/h1-7,17H,8-9H2. The van der Waals surface area contributed by atoms with E-state index in [-0.39, 0.29) is 12.4 Å². The Hall–Kier alpha value is -0.840. The molecular formula is C14H12BrFOS. The minimum absolute atomic E-state index is 0.0639. The van der Waals surface area contributed by atoms with E-state index in [4.69, 9.17) is 5.11 Å². The molecule has 0 aliphatic carbocycles. The molecule has 0 aliphatic rings. The summed E-state index contributed by atoms with van der Waals surface area (Å²) in [4.78, 5) is 1.13. The van der Waals surface area contributed by atoms with Crippen molar-refractivity contribution in [3.8, 4) is 0 Å². The first-order valence-electron chi connectivity index (χ1n) is 5.45. The number of rotatable bonds is 4. The highest BCUT2D eigenvalue weighted by molar-refractivity contribution is 9.10. The molecule has 0 heterocycles. The van der Waals surface area contributed by atoms with E-state index in [9.17, 15) is 4.39 Å². The Morgan fingerprint density at radius 3 is 2.44 bits per heavy atom. The topological polar surface area (TPSA) is 20.2 Å². The molecule has 2 aromatic rings. The molecule has 4 heteroatoms. The lowest BCUT2D eigenvalue weighted by Gasteiger charge is -2.05. The summed E-state index contributed by atoms with van der Waals surface area (Å²) in [5.74, 6) is 0.544. The highest BCUT2D eigenvalue weighted by Crippen LogP contribution is 2.27. The fraction of sp³-hybridized carbons (Fsp3) is 0.143. The van der Waals surface area contributed by atoms with E-state index in [0.717, 1.165) is 26.2 Å². The molecule has 2 aromatic carbocycles. The molecule has 0 radical (unpaired) electrons. The molecule has 94 valence electrons. The predicted molar refractivity (Wildman–Crippen MR) is 76.0 cm³/mol. The summed E-state index contributed by atoms with van der Waals surface area (Å²) in [6.07, 6.45) is 0. The van der Waals surface area contributed by atoms with Crippen molar-refractivity contribution < 1.29 is 9.50 Å². The summed E-state index contributed by atoms with van der Waals surface area (Å²) in [7, 11) is 0. The van der Waals surface area contributed by atoms with Crippen LogP contribution in [0.2, 0.25) is 0 Å². The van der Waals surface area contributed by atoms with Crippen molar-refractivity contribution in [1.29, 1.82) is 0 Å². The van der Waals surface area contributed by atoms with Crippen molar-refractivity contribution in [2.45, 2.75) is 17.3 Å². The Morgan fingerprint density at radius 1 is 1.11 bits per heavy atom. The number of benzene rings is 2. The largest absolute Gasteiger partial charge is 0.392 e. The van der Waals surface area contributed by atoms with E-state index < -0.39 is 0 Å². The van der Waals surface area contributed by atoms with Crippen molar-refractivity contribution in [2.24, 2.45) is 0 Å². The monoisotopic (exact) mass is 326 g/mol. The minimum atomic E-state index is -0.233. The lowest BCUT2D eigenvalue weighted by atomic mass is 10.2. The van der Waals surface area contributed by atoms with Gasteiger partial charge in [0.2, 0.25) is 0 Å². The maximum Gasteiger partial charge on any atom is 0.124 e. The summed E-state index contributed by atoms with van der Waals surface area (Å²) in [6, 6.07) is 12.5. The average molecular weight is 327 g/mol. The Morgan fingerprint density at radius 2 is 1.83 bits per heavy atom. The average Bonchev–Trinajstić information content (AvgIpc) is 2.38. The molecular weight excluding hydrogens is 315 g/mol. The lowest BCUT2D eigenvalue weighted by molar-refractivity contribution is 0.282. The van der Waals surface area contributed by atoms with Crippen LogP contribution in [0.15, 0.2) is 51.8 Å². The van der Waals surface area contributed by atoms with E-state index in [0.29, 0.717) is 0 Å². The third kappa shape index (κ3) is 3.57. The van der Waals surface area contributed by atoms with Gasteiger partial charge in [-0.25, -0.2) is 4.39 Å². The first-order chi connectivity index (χ1) is 8.69. The second-order valence-electron chi connectivity index (χ2n) is 3.83. The normalized spacial score (nSPS) is 10.6. The van der Waals surface area contributed by atoms with Gasteiger partial charge in [0.1, 0.15) is 5.82 Å². The van der Waals surface area contributed by atoms with Crippen LogP contribution in [0.25, 0.3) is 0 Å². The van der Waals surface area contributed by atoms with Gasteiger partial charge >= 0.3 is 0 Å². The fourth-order valence-corrected chi connectivity index (χ4v) is 3.07. The molecule has 0 aromatic heterocycles. The predicted octanol–water partition coefficient (Wildman–Crippen LogP) is 4.37. The van der Waals surface area contributed by atoms with Crippen LogP contribution in [-0.2, 0) is 12.4 Å². The molecule has 0 aliphatic heterocycles. The first kappa shape index (κ1) is 13.6. The second kappa shape index (κ2) is 6.36. The van der Waals surface area contributed by atoms with E-state index in [1.165, 1.54) is 12.1 Å². The Bertz CT molecular complexity index is 528. The molecule has 1 nitrogen and oxygen atoms in total. The summed E-state index contributed by atoms with van der Waals surface area (Å²) in [5.41, 5.74) is 1.97. The van der Waals surface area contributed by atoms with Gasteiger partial charge in [0, 0.05) is 15.1 Å². The molecule has 0 saturated heterocycles. The molecule has 0 spiro atoms. The van der Waals surface area contributed by atoms with Crippen LogP contribution in [-0.4, -0.2) is 5.11 Å². The SMILES string of the molecule is OCc1ccc(SCc2ccc(F)cc2Br)cc1. The lowest BCUT2D eigenvalue weighted by Crippen LogP contribution is -1.86. The fourth-order valence-electron chi connectivity index (χ4n) is 1.49. The highest BCUT2D eigenvalue weighted by Gasteiger charge is 2.02. The summed E-state index contributed by atoms with van der Waals surface area (Å²) >= 11 is 5.04. The molecule has 0 saturated carbocycles. The van der Waals surface area contributed by atoms with Gasteiger partial charge in [-0.2, -0.15) is 0 Å². The van der Waals surface area contributed by atoms with E-state index >= 15 is 0 Å². The van der Waals surface area contributed by atoms with E-state index in [1.54, 1.807) is 17.8 Å². The molecule has 0 fully saturated rings. The van der Waals surface area contributed by atoms with Crippen molar-refractivity contribution in [1.82, 2.24) is 0 Å². The number of hydrogen-bond acceptors (Lipinski definition) is 2. The van der Waals surface area contributed by atoms with Crippen LogP contribution in [0.5, 0.6) is 0 Å². The van der Waals surface area contributed by atoms with E-state index in [1.807, 2.05) is 24.3 Å². The number of thioether (sulfide) groups is 1. The zero-order chi connectivity index (χ0) is 13.0. The van der Waals surface area contributed by atoms with Crippen molar-refractivity contribution in [2.75, 3.05) is 0 Å². The third-order valence-corrected chi connectivity index (χ3v) is 4.31. The molecule has 2 rings (SSSR count). The van der Waals surface area contributed by atoms with E-state index in [2.05, 4.69) is 15.9 Å². The van der Waals surface area contributed by atoms with Gasteiger partial charge in [-0.15, -0.1) is 11.8 Å². The van der Waals surface area contributed by atoms with Gasteiger partial charge in [0.15, 0.2) is 0 Å². The summed E-state index contributed by atoms with van der Waals surface area (Å²) < 4.78 is 13.7. The highest BCUT2D eigenvalue weighted by atomic mass is 79.9. The van der Waals surface area contributed by atoms with Crippen LogP contribution in [0.3, 0.4) is 0 Å². The van der Waals surface area contributed by atoms with Gasteiger partial charge in [-0.05, 0) is 35.4 Å². The zero-order valence-corrected chi connectivity index (χ0v) is 12.0. The van der Waals surface area contributed by atoms with Crippen LogP contribution >= 0.6 is 27.7 Å². The van der Waals surface area contributed by atoms with Crippen LogP contribution in [0, 0.1) is 5.82 Å². The summed E-state index contributed by atoms with van der Waals surface area (Å²) in [6.45, 7) is 0.0639. The maximum absolute atomic E-state index is 12.9. The van der Waals surface area contributed by atoms with Crippen LogP contribution in [0.1, 0.15) is 11.1 Å².